The third kappa shape index (κ3) is 1.41. The first-order chi connectivity index (χ1) is 6.37. The smallest absolute Gasteiger partial charge is 0.00387 e. The zero-order chi connectivity index (χ0) is 10.6. The van der Waals surface area contributed by atoms with Crippen LogP contribution >= 0.6 is 0 Å². The summed E-state index contributed by atoms with van der Waals surface area (Å²) in [4.78, 5) is 2.65. The van der Waals surface area contributed by atoms with Gasteiger partial charge in [-0.1, -0.05) is 20.8 Å². The molecule has 2 unspecified atom stereocenters. The Bertz CT molecular complexity index is 226. The highest BCUT2D eigenvalue weighted by Crippen LogP contribution is 2.67. The summed E-state index contributed by atoms with van der Waals surface area (Å²) in [6.07, 6.45) is 2.92. The highest BCUT2D eigenvalue weighted by Gasteiger charge is 2.62. The van der Waals surface area contributed by atoms with Gasteiger partial charge in [-0.25, -0.2) is 0 Å². The van der Waals surface area contributed by atoms with E-state index in [4.69, 9.17) is 0 Å². The Kier molecular flexibility index (Phi) is 2.23. The molecule has 1 aliphatic heterocycles. The standard InChI is InChI=1S/C13H25N/c1-10(2)14-7-6-13(12(3,4)5)8-11(13)9-14/h10-11H,6-9H2,1-5H3. The summed E-state index contributed by atoms with van der Waals surface area (Å²) in [6, 6.07) is 0.744. The molecule has 82 valence electrons. The van der Waals surface area contributed by atoms with Gasteiger partial charge in [-0.05, 0) is 50.0 Å². The lowest BCUT2D eigenvalue weighted by molar-refractivity contribution is 0.0801. The maximum absolute atomic E-state index is 2.65. The number of rotatable bonds is 1. The normalized spacial score (nSPS) is 38.6. The Morgan fingerprint density at radius 3 is 2.36 bits per heavy atom. The second kappa shape index (κ2) is 2.98. The van der Waals surface area contributed by atoms with Crippen LogP contribution in [0.5, 0.6) is 0 Å². The molecule has 0 radical (unpaired) electrons. The second-order valence-electron chi connectivity index (χ2n) is 6.65. The molecule has 1 heterocycles. The number of hydrogen-bond donors (Lipinski definition) is 0. The van der Waals surface area contributed by atoms with E-state index in [-0.39, 0.29) is 0 Å². The zero-order valence-electron chi connectivity index (χ0n) is 10.4. The molecule has 0 N–H and O–H groups in total. The molecule has 1 saturated carbocycles. The second-order valence-corrected chi connectivity index (χ2v) is 6.65. The van der Waals surface area contributed by atoms with Gasteiger partial charge < -0.3 is 4.90 Å². The van der Waals surface area contributed by atoms with Crippen molar-refractivity contribution in [3.8, 4) is 0 Å². The first-order valence-electron chi connectivity index (χ1n) is 6.11. The number of fused-ring (bicyclic) bond motifs is 1. The first kappa shape index (κ1) is 10.5. The molecule has 14 heavy (non-hydrogen) atoms. The summed E-state index contributed by atoms with van der Waals surface area (Å²) in [7, 11) is 0. The van der Waals surface area contributed by atoms with Gasteiger partial charge in [0.05, 0.1) is 0 Å². The highest BCUT2D eigenvalue weighted by atomic mass is 15.2. The van der Waals surface area contributed by atoms with Gasteiger partial charge in [0.2, 0.25) is 0 Å². The summed E-state index contributed by atoms with van der Waals surface area (Å²) in [6.45, 7) is 14.6. The van der Waals surface area contributed by atoms with E-state index in [1.807, 2.05) is 0 Å². The number of likely N-dealkylation sites (tertiary alicyclic amines) is 1. The van der Waals surface area contributed by atoms with E-state index in [1.54, 1.807) is 0 Å². The lowest BCUT2D eigenvalue weighted by Gasteiger charge is -2.40. The molecule has 2 fully saturated rings. The molecule has 0 bridgehead atoms. The quantitative estimate of drug-likeness (QED) is 0.621. The molecule has 0 aromatic rings. The Balaban J connectivity index is 2.02. The maximum Gasteiger partial charge on any atom is 0.00387 e. The van der Waals surface area contributed by atoms with Crippen molar-refractivity contribution < 1.29 is 0 Å². The van der Waals surface area contributed by atoms with Crippen LogP contribution in [0.2, 0.25) is 0 Å². The summed E-state index contributed by atoms with van der Waals surface area (Å²) < 4.78 is 0. The molecular formula is C13H25N. The molecule has 0 aromatic carbocycles. The fourth-order valence-electron chi connectivity index (χ4n) is 3.41. The van der Waals surface area contributed by atoms with Crippen LogP contribution in [0.3, 0.4) is 0 Å². The van der Waals surface area contributed by atoms with Crippen LogP contribution in [-0.2, 0) is 0 Å². The molecule has 0 spiro atoms. The molecular weight excluding hydrogens is 170 g/mol. The monoisotopic (exact) mass is 195 g/mol. The predicted molar refractivity (Wildman–Crippen MR) is 61.3 cm³/mol. The fourth-order valence-corrected chi connectivity index (χ4v) is 3.41. The summed E-state index contributed by atoms with van der Waals surface area (Å²) in [5.41, 5.74) is 1.24. The Hall–Kier alpha value is -0.0400. The summed E-state index contributed by atoms with van der Waals surface area (Å²) in [5.74, 6) is 0.999. The lowest BCUT2D eigenvalue weighted by Crippen LogP contribution is -2.42. The van der Waals surface area contributed by atoms with Gasteiger partial charge in [-0.2, -0.15) is 0 Å². The van der Waals surface area contributed by atoms with Crippen molar-refractivity contribution in [3.05, 3.63) is 0 Å². The third-order valence-corrected chi connectivity index (χ3v) is 4.76. The van der Waals surface area contributed by atoms with E-state index in [0.29, 0.717) is 10.8 Å². The predicted octanol–water partition coefficient (Wildman–Crippen LogP) is 3.15. The minimum absolute atomic E-state index is 0.529. The van der Waals surface area contributed by atoms with Gasteiger partial charge in [-0.3, -0.25) is 0 Å². The SMILES string of the molecule is CC(C)N1CCC2(C(C)(C)C)CC2C1. The molecule has 1 heteroatoms. The van der Waals surface area contributed by atoms with Crippen molar-refractivity contribution in [2.45, 2.75) is 53.5 Å². The van der Waals surface area contributed by atoms with Gasteiger partial charge in [0.15, 0.2) is 0 Å². The van der Waals surface area contributed by atoms with Crippen molar-refractivity contribution >= 4 is 0 Å². The minimum Gasteiger partial charge on any atom is -0.301 e. The van der Waals surface area contributed by atoms with Crippen molar-refractivity contribution in [2.75, 3.05) is 13.1 Å². The largest absolute Gasteiger partial charge is 0.301 e. The average Bonchev–Trinajstić information content (AvgIpc) is 2.75. The molecule has 1 nitrogen and oxygen atoms in total. The van der Waals surface area contributed by atoms with Crippen LogP contribution in [0.4, 0.5) is 0 Å². The van der Waals surface area contributed by atoms with E-state index in [0.717, 1.165) is 12.0 Å². The van der Waals surface area contributed by atoms with Crippen LogP contribution in [0.15, 0.2) is 0 Å². The topological polar surface area (TPSA) is 3.24 Å². The molecule has 1 aliphatic carbocycles. The summed E-state index contributed by atoms with van der Waals surface area (Å²) in [5, 5.41) is 0. The van der Waals surface area contributed by atoms with E-state index < -0.39 is 0 Å². The van der Waals surface area contributed by atoms with Crippen LogP contribution in [0, 0.1) is 16.7 Å². The van der Waals surface area contributed by atoms with Gasteiger partial charge >= 0.3 is 0 Å². The van der Waals surface area contributed by atoms with Crippen molar-refractivity contribution in [3.63, 3.8) is 0 Å². The van der Waals surface area contributed by atoms with E-state index in [1.165, 1.54) is 25.9 Å². The van der Waals surface area contributed by atoms with Gasteiger partial charge in [0, 0.05) is 12.6 Å². The molecule has 2 atom stereocenters. The van der Waals surface area contributed by atoms with Crippen LogP contribution in [0.25, 0.3) is 0 Å². The molecule has 0 aromatic heterocycles. The number of piperidine rings is 1. The van der Waals surface area contributed by atoms with Crippen LogP contribution in [-0.4, -0.2) is 24.0 Å². The van der Waals surface area contributed by atoms with E-state index in [9.17, 15) is 0 Å². The van der Waals surface area contributed by atoms with E-state index >= 15 is 0 Å². The Labute approximate surface area is 88.9 Å². The van der Waals surface area contributed by atoms with E-state index in [2.05, 4.69) is 39.5 Å². The van der Waals surface area contributed by atoms with Crippen molar-refractivity contribution in [1.29, 1.82) is 0 Å². The fraction of sp³-hybridized carbons (Fsp3) is 1.00. The van der Waals surface area contributed by atoms with Crippen molar-refractivity contribution in [1.82, 2.24) is 4.90 Å². The average molecular weight is 195 g/mol. The molecule has 2 rings (SSSR count). The molecule has 2 aliphatic rings. The zero-order valence-corrected chi connectivity index (χ0v) is 10.4. The number of nitrogens with zero attached hydrogens (tertiary/aromatic N) is 1. The van der Waals surface area contributed by atoms with Gasteiger partial charge in [0.25, 0.3) is 0 Å². The minimum atomic E-state index is 0.529. The molecule has 1 saturated heterocycles. The van der Waals surface area contributed by atoms with Crippen LogP contribution in [0.1, 0.15) is 47.5 Å². The lowest BCUT2D eigenvalue weighted by atomic mass is 9.72. The Morgan fingerprint density at radius 2 is 1.93 bits per heavy atom. The Morgan fingerprint density at radius 1 is 1.29 bits per heavy atom. The van der Waals surface area contributed by atoms with Gasteiger partial charge in [-0.15, -0.1) is 0 Å². The highest BCUT2D eigenvalue weighted by molar-refractivity contribution is 5.12. The first-order valence-corrected chi connectivity index (χ1v) is 6.11. The van der Waals surface area contributed by atoms with Gasteiger partial charge in [0.1, 0.15) is 0 Å². The summed E-state index contributed by atoms with van der Waals surface area (Å²) >= 11 is 0. The maximum atomic E-state index is 2.65. The molecule has 0 amide bonds. The van der Waals surface area contributed by atoms with Crippen molar-refractivity contribution in [2.24, 2.45) is 16.7 Å². The number of hydrogen-bond acceptors (Lipinski definition) is 1. The third-order valence-electron chi connectivity index (χ3n) is 4.76. The van der Waals surface area contributed by atoms with Crippen LogP contribution < -0.4 is 0 Å².